The number of rotatable bonds is 6. The van der Waals surface area contributed by atoms with Crippen LogP contribution in [0.3, 0.4) is 0 Å². The van der Waals surface area contributed by atoms with Gasteiger partial charge in [0.25, 0.3) is 0 Å². The van der Waals surface area contributed by atoms with Gasteiger partial charge in [-0.25, -0.2) is 0 Å². The van der Waals surface area contributed by atoms with E-state index in [1.54, 1.807) is 24.3 Å². The smallest absolute Gasteiger partial charge is 0.287 e. The molecule has 4 aromatic carbocycles. The maximum absolute atomic E-state index is 13.3. The molecular weight excluding hydrogens is 398 g/mol. The van der Waals surface area contributed by atoms with E-state index in [1.807, 2.05) is 60.7 Å². The predicted octanol–water partition coefficient (Wildman–Crippen LogP) is 4.95. The number of ketones is 1. The van der Waals surface area contributed by atoms with Crippen molar-refractivity contribution >= 4 is 43.2 Å². The minimum absolute atomic E-state index is 0.0620. The highest BCUT2D eigenvalue weighted by atomic mass is 32.2. The fourth-order valence-electron chi connectivity index (χ4n) is 3.18. The van der Waals surface area contributed by atoms with Gasteiger partial charge in [-0.2, -0.15) is 8.42 Å². The van der Waals surface area contributed by atoms with E-state index in [0.717, 1.165) is 21.5 Å². The number of benzene rings is 4. The number of oxime groups is 1. The molecule has 0 aliphatic carbocycles. The molecular formula is C24H19NO4S. The Morgan fingerprint density at radius 3 is 1.83 bits per heavy atom. The van der Waals surface area contributed by atoms with Crippen molar-refractivity contribution in [1.82, 2.24) is 0 Å². The molecule has 0 unspecified atom stereocenters. The summed E-state index contributed by atoms with van der Waals surface area (Å²) in [6.45, 7) is 1.45. The molecule has 0 saturated carbocycles. The summed E-state index contributed by atoms with van der Waals surface area (Å²) in [5.41, 5.74) is 0.823. The Balaban J connectivity index is 1.82. The molecule has 0 N–H and O–H groups in total. The molecule has 0 aliphatic heterocycles. The van der Waals surface area contributed by atoms with E-state index in [-0.39, 0.29) is 11.5 Å². The monoisotopic (exact) mass is 417 g/mol. The van der Waals surface area contributed by atoms with Crippen molar-refractivity contribution in [2.24, 2.45) is 5.16 Å². The molecule has 5 nitrogen and oxygen atoms in total. The highest BCUT2D eigenvalue weighted by molar-refractivity contribution is 7.86. The van der Waals surface area contributed by atoms with E-state index < -0.39 is 15.9 Å². The topological polar surface area (TPSA) is 72.8 Å². The summed E-state index contributed by atoms with van der Waals surface area (Å²) in [4.78, 5) is 13.3. The number of hydrogen-bond donors (Lipinski definition) is 0. The lowest BCUT2D eigenvalue weighted by Crippen LogP contribution is -2.18. The van der Waals surface area contributed by atoms with Crippen LogP contribution in [0.4, 0.5) is 0 Å². The first kappa shape index (κ1) is 19.8. The van der Waals surface area contributed by atoms with Crippen LogP contribution in [-0.2, 0) is 14.4 Å². The molecule has 0 spiro atoms. The van der Waals surface area contributed by atoms with Gasteiger partial charge in [0.1, 0.15) is 0 Å². The lowest BCUT2D eigenvalue weighted by Gasteiger charge is -2.09. The van der Waals surface area contributed by atoms with Gasteiger partial charge in [-0.15, -0.1) is 0 Å². The predicted molar refractivity (Wildman–Crippen MR) is 119 cm³/mol. The van der Waals surface area contributed by atoms with Crippen molar-refractivity contribution in [1.29, 1.82) is 0 Å². The van der Waals surface area contributed by atoms with Gasteiger partial charge in [-0.05, 0) is 40.6 Å². The van der Waals surface area contributed by atoms with Crippen LogP contribution in [0.2, 0.25) is 0 Å². The quantitative estimate of drug-likeness (QED) is 0.253. The first-order chi connectivity index (χ1) is 14.5. The van der Waals surface area contributed by atoms with Crippen molar-refractivity contribution in [3.05, 3.63) is 96.1 Å². The van der Waals surface area contributed by atoms with Gasteiger partial charge < -0.3 is 0 Å². The van der Waals surface area contributed by atoms with Crippen LogP contribution >= 0.6 is 0 Å². The first-order valence-corrected chi connectivity index (χ1v) is 11.1. The van der Waals surface area contributed by atoms with Crippen LogP contribution in [0.15, 0.2) is 90.1 Å². The van der Waals surface area contributed by atoms with E-state index in [4.69, 9.17) is 4.28 Å². The average Bonchev–Trinajstić information content (AvgIpc) is 2.78. The van der Waals surface area contributed by atoms with E-state index in [9.17, 15) is 13.2 Å². The van der Waals surface area contributed by atoms with Crippen molar-refractivity contribution in [3.63, 3.8) is 0 Å². The summed E-state index contributed by atoms with van der Waals surface area (Å²) in [5, 5.41) is 7.60. The van der Waals surface area contributed by atoms with E-state index in [2.05, 4.69) is 5.16 Å². The second-order valence-corrected chi connectivity index (χ2v) is 8.66. The molecule has 0 aliphatic rings. The summed E-state index contributed by atoms with van der Waals surface area (Å²) in [6.07, 6.45) is 0. The molecule has 0 atom stereocenters. The minimum Gasteiger partial charge on any atom is -0.287 e. The van der Waals surface area contributed by atoms with Crippen LogP contribution in [-0.4, -0.2) is 25.7 Å². The Bertz CT molecular complexity index is 1390. The Hall–Kier alpha value is -3.51. The number of fused-ring (bicyclic) bond motifs is 2. The standard InChI is InChI=1S/C24H19NO4S/c1-2-30(27,28)29-25-23(21-13-11-17-7-3-5-9-19(17)15-21)24(26)22-14-12-18-8-4-6-10-20(18)16-22/h3-16H,2H2,1H3. The number of carbonyl (C=O) groups excluding carboxylic acids is 1. The third-order valence-electron chi connectivity index (χ3n) is 4.85. The highest BCUT2D eigenvalue weighted by Gasteiger charge is 2.20. The van der Waals surface area contributed by atoms with Gasteiger partial charge in [-0.1, -0.05) is 78.0 Å². The molecule has 0 radical (unpaired) electrons. The normalized spacial score (nSPS) is 12.2. The molecule has 0 fully saturated rings. The van der Waals surface area contributed by atoms with Crippen molar-refractivity contribution in [2.75, 3.05) is 5.75 Å². The summed E-state index contributed by atoms with van der Waals surface area (Å²) >= 11 is 0. The van der Waals surface area contributed by atoms with E-state index >= 15 is 0 Å². The number of hydrogen-bond acceptors (Lipinski definition) is 5. The lowest BCUT2D eigenvalue weighted by atomic mass is 9.97. The highest BCUT2D eigenvalue weighted by Crippen LogP contribution is 2.21. The first-order valence-electron chi connectivity index (χ1n) is 9.49. The van der Waals surface area contributed by atoms with Gasteiger partial charge in [0.15, 0.2) is 5.71 Å². The summed E-state index contributed by atoms with van der Waals surface area (Å²) in [7, 11) is -3.86. The minimum atomic E-state index is -3.86. The Morgan fingerprint density at radius 2 is 1.27 bits per heavy atom. The van der Waals surface area contributed by atoms with Gasteiger partial charge in [-0.3, -0.25) is 9.08 Å². The molecule has 4 rings (SSSR count). The Kier molecular flexibility index (Phi) is 5.33. The maximum atomic E-state index is 13.3. The summed E-state index contributed by atoms with van der Waals surface area (Å²) in [5.74, 6) is -0.659. The van der Waals surface area contributed by atoms with Crippen molar-refractivity contribution < 1.29 is 17.5 Å². The van der Waals surface area contributed by atoms with Gasteiger partial charge in [0.2, 0.25) is 5.78 Å². The van der Waals surface area contributed by atoms with Crippen LogP contribution < -0.4 is 0 Å². The zero-order valence-corrected chi connectivity index (χ0v) is 17.1. The lowest BCUT2D eigenvalue weighted by molar-refractivity contribution is 0.106. The number of nitrogens with zero attached hydrogens (tertiary/aromatic N) is 1. The van der Waals surface area contributed by atoms with Crippen LogP contribution in [0.5, 0.6) is 0 Å². The van der Waals surface area contributed by atoms with Crippen LogP contribution in [0.1, 0.15) is 22.8 Å². The molecule has 0 amide bonds. The Labute approximate surface area is 174 Å². The maximum Gasteiger partial charge on any atom is 0.328 e. The van der Waals surface area contributed by atoms with Crippen molar-refractivity contribution in [3.8, 4) is 0 Å². The number of carbonyl (C=O) groups is 1. The molecule has 4 aromatic rings. The fourth-order valence-corrected chi connectivity index (χ4v) is 3.47. The van der Waals surface area contributed by atoms with Crippen molar-refractivity contribution in [2.45, 2.75) is 6.92 Å². The van der Waals surface area contributed by atoms with Gasteiger partial charge >= 0.3 is 10.1 Å². The van der Waals surface area contributed by atoms with Crippen LogP contribution in [0, 0.1) is 0 Å². The third-order valence-corrected chi connectivity index (χ3v) is 5.85. The number of Topliss-reactive ketones (excluding diaryl/α,β-unsaturated/α-hetero) is 1. The molecule has 0 aromatic heterocycles. The van der Waals surface area contributed by atoms with Crippen LogP contribution in [0.25, 0.3) is 21.5 Å². The summed E-state index contributed by atoms with van der Waals surface area (Å²) in [6, 6.07) is 26.1. The molecule has 0 saturated heterocycles. The van der Waals surface area contributed by atoms with E-state index in [1.165, 1.54) is 6.92 Å². The zero-order valence-electron chi connectivity index (χ0n) is 16.3. The molecule has 0 bridgehead atoms. The molecule has 150 valence electrons. The van der Waals surface area contributed by atoms with Gasteiger partial charge in [0, 0.05) is 11.1 Å². The Morgan fingerprint density at radius 1 is 0.767 bits per heavy atom. The molecule has 6 heteroatoms. The van der Waals surface area contributed by atoms with Gasteiger partial charge in [0.05, 0.1) is 5.75 Å². The third kappa shape index (κ3) is 4.09. The average molecular weight is 417 g/mol. The van der Waals surface area contributed by atoms with E-state index in [0.29, 0.717) is 11.1 Å². The summed E-state index contributed by atoms with van der Waals surface area (Å²) < 4.78 is 28.5. The zero-order chi connectivity index (χ0) is 21.1. The second-order valence-electron chi connectivity index (χ2n) is 6.81. The largest absolute Gasteiger partial charge is 0.328 e. The fraction of sp³-hybridized carbons (Fsp3) is 0.0833. The molecule has 30 heavy (non-hydrogen) atoms. The second kappa shape index (κ2) is 8.08. The SMILES string of the molecule is CCS(=O)(=O)ON=C(C(=O)c1ccc2ccccc2c1)c1ccc2ccccc2c1. The molecule has 0 heterocycles.